The quantitative estimate of drug-likeness (QED) is 0.783. The van der Waals surface area contributed by atoms with E-state index in [1.807, 2.05) is 18.2 Å². The fourth-order valence-corrected chi connectivity index (χ4v) is 2.45. The van der Waals surface area contributed by atoms with Gasteiger partial charge in [-0.3, -0.25) is 0 Å². The van der Waals surface area contributed by atoms with E-state index in [0.717, 1.165) is 32.7 Å². The monoisotopic (exact) mass is 248 g/mol. The Morgan fingerprint density at radius 2 is 2.11 bits per heavy atom. The molecule has 2 rings (SSSR count). The highest BCUT2D eigenvalue weighted by Crippen LogP contribution is 2.08. The van der Waals surface area contributed by atoms with Gasteiger partial charge in [-0.15, -0.1) is 0 Å². The van der Waals surface area contributed by atoms with Gasteiger partial charge in [0.1, 0.15) is 0 Å². The number of nitrogens with zero attached hydrogens (tertiary/aromatic N) is 1. The van der Waals surface area contributed by atoms with Crippen LogP contribution in [0.4, 0.5) is 0 Å². The van der Waals surface area contributed by atoms with Crippen molar-refractivity contribution in [1.29, 1.82) is 0 Å². The Labute approximate surface area is 110 Å². The number of rotatable bonds is 6. The van der Waals surface area contributed by atoms with Crippen molar-refractivity contribution in [3.63, 3.8) is 0 Å². The van der Waals surface area contributed by atoms with Crippen LogP contribution in [0.2, 0.25) is 0 Å². The van der Waals surface area contributed by atoms with Crippen LogP contribution in [0.25, 0.3) is 0 Å². The third-order valence-corrected chi connectivity index (χ3v) is 3.42. The first kappa shape index (κ1) is 13.5. The molecule has 0 aromatic heterocycles. The lowest BCUT2D eigenvalue weighted by molar-refractivity contribution is 0.104. The van der Waals surface area contributed by atoms with E-state index >= 15 is 0 Å². The summed E-state index contributed by atoms with van der Waals surface area (Å²) in [5, 5.41) is 0. The molecule has 1 atom stereocenters. The Kier molecular flexibility index (Phi) is 5.65. The predicted octanol–water partition coefficient (Wildman–Crippen LogP) is 2.02. The van der Waals surface area contributed by atoms with Gasteiger partial charge >= 0.3 is 0 Å². The molecule has 0 bridgehead atoms. The van der Waals surface area contributed by atoms with Gasteiger partial charge in [0.05, 0.1) is 6.61 Å². The van der Waals surface area contributed by atoms with Crippen LogP contribution in [-0.4, -0.2) is 37.2 Å². The normalized spacial score (nSPS) is 21.1. The van der Waals surface area contributed by atoms with Crippen LogP contribution < -0.4 is 5.73 Å². The molecule has 1 aromatic carbocycles. The molecule has 18 heavy (non-hydrogen) atoms. The first-order chi connectivity index (χ1) is 8.84. The lowest BCUT2D eigenvalue weighted by Crippen LogP contribution is -2.43. The summed E-state index contributed by atoms with van der Waals surface area (Å²) in [7, 11) is 0. The average Bonchev–Trinajstić information content (AvgIpc) is 2.40. The number of ether oxygens (including phenoxy) is 1. The molecule has 1 heterocycles. The van der Waals surface area contributed by atoms with Crippen LogP contribution in [0.15, 0.2) is 30.3 Å². The summed E-state index contributed by atoms with van der Waals surface area (Å²) in [6.07, 6.45) is 3.52. The fraction of sp³-hybridized carbons (Fsp3) is 0.600. The minimum Gasteiger partial charge on any atom is -0.377 e. The van der Waals surface area contributed by atoms with E-state index in [1.54, 1.807) is 0 Å². The summed E-state index contributed by atoms with van der Waals surface area (Å²) in [6, 6.07) is 10.7. The summed E-state index contributed by atoms with van der Waals surface area (Å²) in [5.74, 6) is 0. The van der Waals surface area contributed by atoms with Crippen molar-refractivity contribution in [1.82, 2.24) is 4.90 Å². The molecular weight excluding hydrogens is 224 g/mol. The number of hydrogen-bond acceptors (Lipinski definition) is 3. The molecule has 3 nitrogen and oxygen atoms in total. The van der Waals surface area contributed by atoms with Gasteiger partial charge < -0.3 is 15.4 Å². The van der Waals surface area contributed by atoms with Gasteiger partial charge in [-0.2, -0.15) is 0 Å². The van der Waals surface area contributed by atoms with Gasteiger partial charge in [0.15, 0.2) is 0 Å². The van der Waals surface area contributed by atoms with Gasteiger partial charge in [0.25, 0.3) is 0 Å². The summed E-state index contributed by atoms with van der Waals surface area (Å²) in [5.41, 5.74) is 7.21. The van der Waals surface area contributed by atoms with Crippen LogP contribution >= 0.6 is 0 Å². The molecule has 1 aliphatic rings. The third kappa shape index (κ3) is 4.77. The molecule has 1 aliphatic heterocycles. The molecule has 0 spiro atoms. The van der Waals surface area contributed by atoms with E-state index in [2.05, 4.69) is 17.0 Å². The van der Waals surface area contributed by atoms with E-state index in [4.69, 9.17) is 10.5 Å². The molecular formula is C15H24N2O. The number of benzene rings is 1. The maximum Gasteiger partial charge on any atom is 0.0716 e. The van der Waals surface area contributed by atoms with Gasteiger partial charge in [-0.25, -0.2) is 0 Å². The minimum atomic E-state index is 0.379. The average molecular weight is 248 g/mol. The standard InChI is InChI=1S/C15H24N2O/c16-15-8-4-9-17(12-15)10-5-11-18-13-14-6-2-1-3-7-14/h1-3,6-7,15H,4-5,8-13,16H2. The van der Waals surface area contributed by atoms with E-state index in [-0.39, 0.29) is 0 Å². The smallest absolute Gasteiger partial charge is 0.0716 e. The zero-order valence-corrected chi connectivity index (χ0v) is 11.1. The molecule has 0 saturated carbocycles. The van der Waals surface area contributed by atoms with E-state index in [9.17, 15) is 0 Å². The van der Waals surface area contributed by atoms with Crippen molar-refractivity contribution in [2.45, 2.75) is 31.9 Å². The second-order valence-electron chi connectivity index (χ2n) is 5.09. The zero-order valence-electron chi connectivity index (χ0n) is 11.1. The molecule has 1 saturated heterocycles. The Hall–Kier alpha value is -0.900. The summed E-state index contributed by atoms with van der Waals surface area (Å²) in [4.78, 5) is 2.46. The van der Waals surface area contributed by atoms with Crippen molar-refractivity contribution in [3.8, 4) is 0 Å². The topological polar surface area (TPSA) is 38.5 Å². The van der Waals surface area contributed by atoms with Gasteiger partial charge in [-0.05, 0) is 31.4 Å². The summed E-state index contributed by atoms with van der Waals surface area (Å²) >= 11 is 0. The summed E-state index contributed by atoms with van der Waals surface area (Å²) < 4.78 is 5.68. The molecule has 1 aromatic rings. The highest BCUT2D eigenvalue weighted by molar-refractivity contribution is 5.13. The SMILES string of the molecule is NC1CCCN(CCCOCc2ccccc2)C1. The molecule has 0 amide bonds. The Morgan fingerprint density at radius 3 is 2.89 bits per heavy atom. The zero-order chi connectivity index (χ0) is 12.6. The van der Waals surface area contributed by atoms with Crippen LogP contribution in [0, 0.1) is 0 Å². The molecule has 0 radical (unpaired) electrons. The van der Waals surface area contributed by atoms with Gasteiger partial charge in [-0.1, -0.05) is 30.3 Å². The molecule has 0 aliphatic carbocycles. The second kappa shape index (κ2) is 7.52. The van der Waals surface area contributed by atoms with Gasteiger partial charge in [0.2, 0.25) is 0 Å². The largest absolute Gasteiger partial charge is 0.377 e. The number of hydrogen-bond donors (Lipinski definition) is 1. The van der Waals surface area contributed by atoms with E-state index in [1.165, 1.54) is 24.9 Å². The van der Waals surface area contributed by atoms with Crippen molar-refractivity contribution < 1.29 is 4.74 Å². The molecule has 1 unspecified atom stereocenters. The first-order valence-electron chi connectivity index (χ1n) is 6.94. The third-order valence-electron chi connectivity index (χ3n) is 3.42. The lowest BCUT2D eigenvalue weighted by atomic mass is 10.1. The highest BCUT2D eigenvalue weighted by Gasteiger charge is 2.15. The van der Waals surface area contributed by atoms with Crippen molar-refractivity contribution >= 4 is 0 Å². The van der Waals surface area contributed by atoms with Crippen LogP contribution in [0.3, 0.4) is 0 Å². The predicted molar refractivity (Wildman–Crippen MR) is 74.4 cm³/mol. The Balaban J connectivity index is 1.53. The maximum atomic E-state index is 5.96. The second-order valence-corrected chi connectivity index (χ2v) is 5.09. The molecule has 2 N–H and O–H groups in total. The Morgan fingerprint density at radius 1 is 1.28 bits per heavy atom. The minimum absolute atomic E-state index is 0.379. The molecule has 3 heteroatoms. The number of nitrogens with two attached hydrogens (primary N) is 1. The number of piperidine rings is 1. The van der Waals surface area contributed by atoms with Crippen molar-refractivity contribution in [2.75, 3.05) is 26.2 Å². The summed E-state index contributed by atoms with van der Waals surface area (Å²) in [6.45, 7) is 4.93. The highest BCUT2D eigenvalue weighted by atomic mass is 16.5. The van der Waals surface area contributed by atoms with E-state index < -0.39 is 0 Å². The Bertz CT molecular complexity index is 329. The van der Waals surface area contributed by atoms with Gasteiger partial charge in [0, 0.05) is 25.7 Å². The maximum absolute atomic E-state index is 5.96. The van der Waals surface area contributed by atoms with Crippen molar-refractivity contribution in [2.24, 2.45) is 5.73 Å². The van der Waals surface area contributed by atoms with Crippen LogP contribution in [0.5, 0.6) is 0 Å². The fourth-order valence-electron chi connectivity index (χ4n) is 2.45. The van der Waals surface area contributed by atoms with Crippen LogP contribution in [0.1, 0.15) is 24.8 Å². The van der Waals surface area contributed by atoms with Crippen LogP contribution in [-0.2, 0) is 11.3 Å². The molecule has 100 valence electrons. The van der Waals surface area contributed by atoms with E-state index in [0.29, 0.717) is 6.04 Å². The number of likely N-dealkylation sites (tertiary alicyclic amines) is 1. The molecule has 1 fully saturated rings. The van der Waals surface area contributed by atoms with Crippen molar-refractivity contribution in [3.05, 3.63) is 35.9 Å². The first-order valence-corrected chi connectivity index (χ1v) is 6.94. The lowest BCUT2D eigenvalue weighted by Gasteiger charge is -2.30.